The summed E-state index contributed by atoms with van der Waals surface area (Å²) in [5.41, 5.74) is 0. The first-order chi connectivity index (χ1) is 6.99. The van der Waals surface area contributed by atoms with Crippen molar-refractivity contribution in [2.24, 2.45) is 0 Å². The van der Waals surface area contributed by atoms with Gasteiger partial charge < -0.3 is 24.8 Å². The molecule has 1 aliphatic rings. The summed E-state index contributed by atoms with van der Waals surface area (Å²) in [6.07, 6.45) is -3.45. The van der Waals surface area contributed by atoms with E-state index in [1.807, 2.05) is 0 Å². The minimum atomic E-state index is -1.85. The minimum absolute atomic E-state index is 0.0347. The first-order valence-electron chi connectivity index (χ1n) is 4.16. The number of carbonyl (C=O) groups excluding carboxylic acids is 2. The van der Waals surface area contributed by atoms with Crippen molar-refractivity contribution in [2.75, 3.05) is 6.61 Å². The van der Waals surface area contributed by atoms with E-state index in [2.05, 4.69) is 9.47 Å². The fourth-order valence-electron chi connectivity index (χ4n) is 1.03. The van der Waals surface area contributed by atoms with E-state index in [1.165, 1.54) is 6.92 Å². The van der Waals surface area contributed by atoms with Gasteiger partial charge in [0.25, 0.3) is 0 Å². The highest BCUT2D eigenvalue weighted by Gasteiger charge is 2.42. The molecular weight excluding hydrogens is 208 g/mol. The van der Waals surface area contributed by atoms with Crippen molar-refractivity contribution in [1.29, 1.82) is 0 Å². The Morgan fingerprint density at radius 2 is 2.20 bits per heavy atom. The van der Waals surface area contributed by atoms with E-state index in [1.54, 1.807) is 0 Å². The molecule has 1 heterocycles. The Hall–Kier alpha value is -1.76. The summed E-state index contributed by atoms with van der Waals surface area (Å²) in [6.45, 7) is 1.56. The van der Waals surface area contributed by atoms with Crippen LogP contribution in [-0.2, 0) is 19.1 Å². The van der Waals surface area contributed by atoms with Crippen LogP contribution in [0.2, 0.25) is 0 Å². The second-order valence-corrected chi connectivity index (χ2v) is 2.76. The molecule has 7 heteroatoms. The number of hydrogen-bond donors (Lipinski definition) is 3. The topological polar surface area (TPSA) is 113 Å². The van der Waals surface area contributed by atoms with E-state index < -0.39 is 35.7 Å². The maximum absolute atomic E-state index is 11.0. The predicted octanol–water partition coefficient (Wildman–Crippen LogP) is -0.837. The molecule has 0 amide bonds. The largest absolute Gasteiger partial charge is 0.505 e. The lowest BCUT2D eigenvalue weighted by atomic mass is 10.2. The molecule has 84 valence electrons. The Balaban J connectivity index is 2.75. The van der Waals surface area contributed by atoms with Crippen LogP contribution < -0.4 is 0 Å². The summed E-state index contributed by atoms with van der Waals surface area (Å²) in [5, 5.41) is 27.3. The summed E-state index contributed by atoms with van der Waals surface area (Å²) in [4.78, 5) is 21.7. The lowest BCUT2D eigenvalue weighted by Crippen LogP contribution is -2.37. The Morgan fingerprint density at radius 1 is 1.60 bits per heavy atom. The van der Waals surface area contributed by atoms with Crippen molar-refractivity contribution >= 4 is 11.9 Å². The van der Waals surface area contributed by atoms with Gasteiger partial charge in [-0.2, -0.15) is 0 Å². The van der Waals surface area contributed by atoms with Gasteiger partial charge in [-0.15, -0.1) is 0 Å². The maximum Gasteiger partial charge on any atom is 0.378 e. The van der Waals surface area contributed by atoms with Gasteiger partial charge in [0.1, 0.15) is 0 Å². The summed E-state index contributed by atoms with van der Waals surface area (Å²) in [6, 6.07) is 0. The number of aliphatic hydroxyl groups is 3. The second-order valence-electron chi connectivity index (χ2n) is 2.76. The van der Waals surface area contributed by atoms with Crippen LogP contribution in [0.5, 0.6) is 0 Å². The van der Waals surface area contributed by atoms with Gasteiger partial charge in [-0.1, -0.05) is 0 Å². The highest BCUT2D eigenvalue weighted by molar-refractivity contribution is 5.90. The fraction of sp³-hybridized carbons (Fsp3) is 0.500. The monoisotopic (exact) mass is 218 g/mol. The van der Waals surface area contributed by atoms with Crippen LogP contribution in [0.3, 0.4) is 0 Å². The van der Waals surface area contributed by atoms with E-state index in [4.69, 9.17) is 10.2 Å². The average molecular weight is 218 g/mol. The van der Waals surface area contributed by atoms with Crippen LogP contribution >= 0.6 is 0 Å². The van der Waals surface area contributed by atoms with Crippen molar-refractivity contribution in [3.8, 4) is 0 Å². The van der Waals surface area contributed by atoms with Crippen LogP contribution in [-0.4, -0.2) is 46.1 Å². The molecule has 0 unspecified atom stereocenters. The zero-order valence-corrected chi connectivity index (χ0v) is 7.84. The first-order valence-corrected chi connectivity index (χ1v) is 4.16. The number of esters is 2. The first kappa shape index (κ1) is 11.3. The highest BCUT2D eigenvalue weighted by atomic mass is 16.6. The third kappa shape index (κ3) is 2.01. The third-order valence-electron chi connectivity index (χ3n) is 1.75. The molecular formula is C8H10O7. The lowest BCUT2D eigenvalue weighted by molar-refractivity contribution is -0.164. The van der Waals surface area contributed by atoms with E-state index in [0.717, 1.165) is 0 Å². The van der Waals surface area contributed by atoms with Gasteiger partial charge in [-0.05, 0) is 6.92 Å². The molecule has 0 aromatic carbocycles. The number of rotatable bonds is 3. The van der Waals surface area contributed by atoms with E-state index in [-0.39, 0.29) is 6.61 Å². The average Bonchev–Trinajstić information content (AvgIpc) is 2.45. The molecule has 2 atom stereocenters. The van der Waals surface area contributed by atoms with Gasteiger partial charge >= 0.3 is 11.9 Å². The molecule has 1 rings (SSSR count). The summed E-state index contributed by atoms with van der Waals surface area (Å²) in [5.74, 6) is -4.12. The molecule has 0 bridgehead atoms. The molecule has 3 N–H and O–H groups in total. The van der Waals surface area contributed by atoms with Crippen LogP contribution in [0.25, 0.3) is 0 Å². The van der Waals surface area contributed by atoms with E-state index >= 15 is 0 Å². The highest BCUT2D eigenvalue weighted by Crippen LogP contribution is 2.21. The summed E-state index contributed by atoms with van der Waals surface area (Å²) < 4.78 is 8.79. The van der Waals surface area contributed by atoms with Gasteiger partial charge in [-0.3, -0.25) is 0 Å². The molecule has 0 fully saturated rings. The summed E-state index contributed by atoms with van der Waals surface area (Å²) in [7, 11) is 0. The third-order valence-corrected chi connectivity index (χ3v) is 1.75. The van der Waals surface area contributed by atoms with Crippen molar-refractivity contribution < 1.29 is 34.4 Å². The number of hydrogen-bond acceptors (Lipinski definition) is 7. The van der Waals surface area contributed by atoms with Crippen LogP contribution in [0, 0.1) is 0 Å². The van der Waals surface area contributed by atoms with E-state index in [9.17, 15) is 14.7 Å². The van der Waals surface area contributed by atoms with E-state index in [0.29, 0.717) is 0 Å². The molecule has 0 aromatic heterocycles. The van der Waals surface area contributed by atoms with Crippen molar-refractivity contribution in [2.45, 2.75) is 19.1 Å². The molecule has 7 nitrogen and oxygen atoms in total. The van der Waals surface area contributed by atoms with Crippen molar-refractivity contribution in [1.82, 2.24) is 0 Å². The normalized spacial score (nSPS) is 22.5. The van der Waals surface area contributed by atoms with Crippen molar-refractivity contribution in [3.05, 3.63) is 11.5 Å². The standard InChI is InChI=1S/C8H10O7/c1-2-14-7(12)5(11)6-3(9)4(10)8(13)15-6/h5-6,9-11H,2H2,1H3/t5-,6+/m1/s1. The molecule has 0 aliphatic carbocycles. The van der Waals surface area contributed by atoms with Gasteiger partial charge in [0.2, 0.25) is 5.76 Å². The van der Waals surface area contributed by atoms with Gasteiger partial charge in [0.15, 0.2) is 18.0 Å². The molecule has 0 aromatic rings. The van der Waals surface area contributed by atoms with Gasteiger partial charge in [-0.25, -0.2) is 9.59 Å². The van der Waals surface area contributed by atoms with Gasteiger partial charge in [0.05, 0.1) is 6.61 Å². The Kier molecular flexibility index (Phi) is 3.15. The molecule has 0 saturated heterocycles. The van der Waals surface area contributed by atoms with Crippen LogP contribution in [0.15, 0.2) is 11.5 Å². The molecule has 1 aliphatic heterocycles. The molecule has 0 spiro atoms. The Morgan fingerprint density at radius 3 is 2.60 bits per heavy atom. The van der Waals surface area contributed by atoms with Crippen LogP contribution in [0.1, 0.15) is 6.92 Å². The summed E-state index contributed by atoms with van der Waals surface area (Å²) >= 11 is 0. The number of ether oxygens (including phenoxy) is 2. The smallest absolute Gasteiger partial charge is 0.378 e. The number of aliphatic hydroxyl groups excluding tert-OH is 3. The number of cyclic esters (lactones) is 1. The van der Waals surface area contributed by atoms with Crippen LogP contribution in [0.4, 0.5) is 0 Å². The number of carbonyl (C=O) groups is 2. The quantitative estimate of drug-likeness (QED) is 0.529. The zero-order valence-electron chi connectivity index (χ0n) is 7.84. The second kappa shape index (κ2) is 4.18. The molecule has 0 radical (unpaired) electrons. The van der Waals surface area contributed by atoms with Gasteiger partial charge in [0, 0.05) is 0 Å². The Bertz CT molecular complexity index is 319. The molecule has 15 heavy (non-hydrogen) atoms. The Labute approximate surface area is 84.5 Å². The SMILES string of the molecule is CCOC(=O)[C@H](O)[C@H]1OC(=O)C(O)=C1O. The minimum Gasteiger partial charge on any atom is -0.505 e. The van der Waals surface area contributed by atoms with Crippen molar-refractivity contribution in [3.63, 3.8) is 0 Å². The maximum atomic E-state index is 11.0. The zero-order chi connectivity index (χ0) is 11.6. The fourth-order valence-corrected chi connectivity index (χ4v) is 1.03. The molecule has 0 saturated carbocycles. The predicted molar refractivity (Wildman–Crippen MR) is 44.8 cm³/mol. The lowest BCUT2D eigenvalue weighted by Gasteiger charge is -2.15.